The van der Waals surface area contributed by atoms with Crippen LogP contribution in [0.3, 0.4) is 0 Å². The Morgan fingerprint density at radius 1 is 1.10 bits per heavy atom. The molecule has 0 bridgehead atoms. The molecule has 0 fully saturated rings. The Bertz CT molecular complexity index is 688. The van der Waals surface area contributed by atoms with Gasteiger partial charge in [0.15, 0.2) is 0 Å². The number of amides is 1. The Hall–Kier alpha value is -1.41. The number of hydrogen-bond acceptors (Lipinski definition) is 2. The summed E-state index contributed by atoms with van der Waals surface area (Å²) in [5, 5.41) is 11.8. The summed E-state index contributed by atoms with van der Waals surface area (Å²) in [4.78, 5) is 23.4. The van der Waals surface area contributed by atoms with Crippen LogP contribution in [0.2, 0.25) is 0 Å². The van der Waals surface area contributed by atoms with Crippen LogP contribution in [-0.4, -0.2) is 17.0 Å². The molecule has 4 nitrogen and oxygen atoms in total. The van der Waals surface area contributed by atoms with Gasteiger partial charge in [0.05, 0.1) is 16.8 Å². The molecule has 0 aliphatic carbocycles. The number of carboxylic acid groups (broad SMARTS) is 1. The number of halogens is 2. The van der Waals surface area contributed by atoms with Crippen LogP contribution < -0.4 is 5.32 Å². The van der Waals surface area contributed by atoms with E-state index in [1.54, 1.807) is 36.4 Å². The molecule has 0 radical (unpaired) electrons. The zero-order chi connectivity index (χ0) is 14.7. The van der Waals surface area contributed by atoms with Crippen LogP contribution in [0.25, 0.3) is 0 Å². The van der Waals surface area contributed by atoms with E-state index in [4.69, 9.17) is 5.11 Å². The number of carboxylic acids is 1. The maximum atomic E-state index is 12.2. The first-order valence-electron chi connectivity index (χ1n) is 5.58. The van der Waals surface area contributed by atoms with Gasteiger partial charge in [-0.1, -0.05) is 12.1 Å². The van der Waals surface area contributed by atoms with Gasteiger partial charge in [0.25, 0.3) is 5.91 Å². The Kier molecular flexibility index (Phi) is 4.77. The number of nitrogens with one attached hydrogen (secondary N) is 1. The molecule has 20 heavy (non-hydrogen) atoms. The lowest BCUT2D eigenvalue weighted by Gasteiger charge is -2.10. The highest BCUT2D eigenvalue weighted by Crippen LogP contribution is 2.22. The molecule has 0 aromatic heterocycles. The van der Waals surface area contributed by atoms with Crippen LogP contribution >= 0.6 is 38.5 Å². The molecule has 6 heteroatoms. The van der Waals surface area contributed by atoms with Crippen molar-refractivity contribution in [3.63, 3.8) is 0 Å². The fraction of sp³-hybridized carbons (Fsp3) is 0. The predicted molar refractivity (Wildman–Crippen MR) is 88.2 cm³/mol. The van der Waals surface area contributed by atoms with Crippen molar-refractivity contribution in [2.24, 2.45) is 0 Å². The smallest absolute Gasteiger partial charge is 0.337 e. The number of carbonyl (C=O) groups excluding carboxylic acids is 1. The van der Waals surface area contributed by atoms with Crippen molar-refractivity contribution in [1.82, 2.24) is 0 Å². The molecule has 0 spiro atoms. The van der Waals surface area contributed by atoms with Crippen LogP contribution in [0.15, 0.2) is 46.9 Å². The summed E-state index contributed by atoms with van der Waals surface area (Å²) in [6, 6.07) is 11.8. The van der Waals surface area contributed by atoms with Crippen LogP contribution in [-0.2, 0) is 0 Å². The van der Waals surface area contributed by atoms with Gasteiger partial charge >= 0.3 is 5.97 Å². The average Bonchev–Trinajstić information content (AvgIpc) is 2.41. The molecular weight excluding hydrogens is 437 g/mol. The average molecular weight is 446 g/mol. The monoisotopic (exact) mass is 445 g/mol. The number of rotatable bonds is 3. The van der Waals surface area contributed by atoms with Gasteiger partial charge in [-0.3, -0.25) is 4.79 Å². The molecular formula is C14H9BrINO3. The van der Waals surface area contributed by atoms with E-state index in [2.05, 4.69) is 21.2 Å². The van der Waals surface area contributed by atoms with Crippen molar-refractivity contribution in [1.29, 1.82) is 0 Å². The van der Waals surface area contributed by atoms with Crippen molar-refractivity contribution in [3.8, 4) is 0 Å². The maximum absolute atomic E-state index is 12.2. The summed E-state index contributed by atoms with van der Waals surface area (Å²) < 4.78 is 1.44. The topological polar surface area (TPSA) is 66.4 Å². The lowest BCUT2D eigenvalue weighted by atomic mass is 10.1. The Balaban J connectivity index is 2.33. The summed E-state index contributed by atoms with van der Waals surface area (Å²) >= 11 is 5.31. The zero-order valence-corrected chi connectivity index (χ0v) is 13.8. The SMILES string of the molecule is O=C(Nc1ccc(I)cc1C(=O)O)c1ccccc1Br. The first-order chi connectivity index (χ1) is 9.49. The van der Waals surface area contributed by atoms with E-state index in [9.17, 15) is 9.59 Å². The van der Waals surface area contributed by atoms with Crippen LogP contribution in [0.1, 0.15) is 20.7 Å². The lowest BCUT2D eigenvalue weighted by Crippen LogP contribution is -2.15. The van der Waals surface area contributed by atoms with E-state index in [1.165, 1.54) is 6.07 Å². The normalized spacial score (nSPS) is 10.1. The van der Waals surface area contributed by atoms with E-state index in [0.717, 1.165) is 3.57 Å². The molecule has 0 atom stereocenters. The highest BCUT2D eigenvalue weighted by molar-refractivity contribution is 14.1. The first kappa shape index (κ1) is 15.0. The third kappa shape index (κ3) is 3.37. The molecule has 0 aliphatic heterocycles. The molecule has 0 saturated carbocycles. The van der Waals surface area contributed by atoms with Gasteiger partial charge in [0, 0.05) is 8.04 Å². The van der Waals surface area contributed by atoms with E-state index in [1.807, 2.05) is 22.6 Å². The van der Waals surface area contributed by atoms with Crippen LogP contribution in [0, 0.1) is 3.57 Å². The molecule has 0 unspecified atom stereocenters. The summed E-state index contributed by atoms with van der Waals surface area (Å²) in [5.74, 6) is -1.44. The molecule has 2 aromatic carbocycles. The van der Waals surface area contributed by atoms with E-state index < -0.39 is 5.97 Å². The van der Waals surface area contributed by atoms with Crippen molar-refractivity contribution >= 4 is 56.1 Å². The van der Waals surface area contributed by atoms with Crippen molar-refractivity contribution < 1.29 is 14.7 Å². The summed E-state index contributed by atoms with van der Waals surface area (Å²) in [6.45, 7) is 0. The molecule has 0 heterocycles. The van der Waals surface area contributed by atoms with Gasteiger partial charge in [0.2, 0.25) is 0 Å². The Labute approximate surface area is 137 Å². The van der Waals surface area contributed by atoms with Gasteiger partial charge in [0.1, 0.15) is 0 Å². The highest BCUT2D eigenvalue weighted by atomic mass is 127. The Morgan fingerprint density at radius 3 is 2.45 bits per heavy atom. The van der Waals surface area contributed by atoms with E-state index in [0.29, 0.717) is 10.0 Å². The van der Waals surface area contributed by atoms with E-state index in [-0.39, 0.29) is 17.2 Å². The van der Waals surface area contributed by atoms with Crippen molar-refractivity contribution in [2.75, 3.05) is 5.32 Å². The van der Waals surface area contributed by atoms with Crippen molar-refractivity contribution in [2.45, 2.75) is 0 Å². The van der Waals surface area contributed by atoms with Crippen LogP contribution in [0.5, 0.6) is 0 Å². The number of anilines is 1. The van der Waals surface area contributed by atoms with Gasteiger partial charge in [-0.25, -0.2) is 4.79 Å². The highest BCUT2D eigenvalue weighted by Gasteiger charge is 2.15. The molecule has 0 aliphatic rings. The molecule has 1 amide bonds. The molecule has 2 aromatic rings. The predicted octanol–water partition coefficient (Wildman–Crippen LogP) is 4.00. The largest absolute Gasteiger partial charge is 0.478 e. The number of carbonyl (C=O) groups is 2. The molecule has 2 N–H and O–H groups in total. The molecule has 0 saturated heterocycles. The second-order valence-corrected chi connectivity index (χ2v) is 6.03. The second-order valence-electron chi connectivity index (χ2n) is 3.93. The minimum atomic E-state index is -1.08. The van der Waals surface area contributed by atoms with Gasteiger partial charge in [-0.15, -0.1) is 0 Å². The number of hydrogen-bond donors (Lipinski definition) is 2. The summed E-state index contributed by atoms with van der Waals surface area (Å²) in [6.07, 6.45) is 0. The van der Waals surface area contributed by atoms with Gasteiger partial charge < -0.3 is 10.4 Å². The minimum Gasteiger partial charge on any atom is -0.478 e. The summed E-state index contributed by atoms with van der Waals surface area (Å²) in [7, 11) is 0. The van der Waals surface area contributed by atoms with Crippen LogP contribution in [0.4, 0.5) is 5.69 Å². The first-order valence-corrected chi connectivity index (χ1v) is 7.45. The third-order valence-corrected chi connectivity index (χ3v) is 3.94. The van der Waals surface area contributed by atoms with Gasteiger partial charge in [-0.2, -0.15) is 0 Å². The molecule has 102 valence electrons. The fourth-order valence-electron chi connectivity index (χ4n) is 1.64. The maximum Gasteiger partial charge on any atom is 0.337 e. The van der Waals surface area contributed by atoms with Gasteiger partial charge in [-0.05, 0) is 68.9 Å². The molecule has 2 rings (SSSR count). The van der Waals surface area contributed by atoms with E-state index >= 15 is 0 Å². The summed E-state index contributed by atoms with van der Waals surface area (Å²) in [5.41, 5.74) is 0.790. The lowest BCUT2D eigenvalue weighted by molar-refractivity contribution is 0.0698. The zero-order valence-electron chi connectivity index (χ0n) is 10.1. The number of aromatic carboxylic acids is 1. The van der Waals surface area contributed by atoms with Crippen molar-refractivity contribution in [3.05, 3.63) is 61.6 Å². The quantitative estimate of drug-likeness (QED) is 0.701. The minimum absolute atomic E-state index is 0.0669. The third-order valence-electron chi connectivity index (χ3n) is 2.58. The fourth-order valence-corrected chi connectivity index (χ4v) is 2.59. The number of benzene rings is 2. The second kappa shape index (κ2) is 6.36. The Morgan fingerprint density at radius 2 is 1.80 bits per heavy atom. The standard InChI is InChI=1S/C14H9BrINO3/c15-11-4-2-1-3-9(11)13(18)17-12-6-5-8(16)7-10(12)14(19)20/h1-7H,(H,17,18)(H,19,20).